The zero-order valence-electron chi connectivity index (χ0n) is 10.1. The van der Waals surface area contributed by atoms with Crippen LogP contribution in [0.25, 0.3) is 0 Å². The maximum absolute atomic E-state index is 11.9. The molecule has 17 heavy (non-hydrogen) atoms. The number of likely N-dealkylation sites (tertiary alicyclic amines) is 1. The molecule has 1 aliphatic rings. The van der Waals surface area contributed by atoms with Gasteiger partial charge in [-0.3, -0.25) is 0 Å². The first-order chi connectivity index (χ1) is 8.19. The van der Waals surface area contributed by atoms with E-state index in [9.17, 15) is 4.79 Å². The highest BCUT2D eigenvalue weighted by molar-refractivity contribution is 5.89. The monoisotopic (exact) mass is 233 g/mol. The van der Waals surface area contributed by atoms with Crippen molar-refractivity contribution in [1.29, 1.82) is 0 Å². The van der Waals surface area contributed by atoms with Gasteiger partial charge in [0.25, 0.3) is 0 Å². The van der Waals surface area contributed by atoms with Gasteiger partial charge in [-0.25, -0.2) is 4.79 Å². The molecule has 1 aromatic rings. The molecule has 1 aromatic carbocycles. The van der Waals surface area contributed by atoms with Gasteiger partial charge in [0.15, 0.2) is 0 Å². The van der Waals surface area contributed by atoms with E-state index in [1.54, 1.807) is 12.1 Å². The van der Waals surface area contributed by atoms with Crippen LogP contribution in [0.1, 0.15) is 19.8 Å². The first-order valence-electron chi connectivity index (χ1n) is 6.10. The van der Waals surface area contributed by atoms with Crippen LogP contribution in [-0.2, 0) is 0 Å². The SMILES string of the molecule is CCC1CCN(C(=O)Nc2ccc(N)cc2)C1. The fourth-order valence-corrected chi connectivity index (χ4v) is 2.12. The number of hydrogen-bond acceptors (Lipinski definition) is 2. The van der Waals surface area contributed by atoms with E-state index < -0.39 is 0 Å². The number of rotatable bonds is 2. The number of nitrogens with one attached hydrogen (secondary N) is 1. The van der Waals surface area contributed by atoms with Crippen molar-refractivity contribution >= 4 is 17.4 Å². The molecule has 0 saturated carbocycles. The molecule has 92 valence electrons. The third-order valence-corrected chi connectivity index (χ3v) is 3.31. The summed E-state index contributed by atoms with van der Waals surface area (Å²) in [6.07, 6.45) is 2.26. The molecule has 1 aliphatic heterocycles. The first-order valence-corrected chi connectivity index (χ1v) is 6.10. The normalized spacial score (nSPS) is 19.4. The van der Waals surface area contributed by atoms with Crippen LogP contribution < -0.4 is 11.1 Å². The van der Waals surface area contributed by atoms with Crippen LogP contribution in [-0.4, -0.2) is 24.0 Å². The Labute approximate surface area is 102 Å². The van der Waals surface area contributed by atoms with Crippen molar-refractivity contribution in [3.63, 3.8) is 0 Å². The summed E-state index contributed by atoms with van der Waals surface area (Å²) < 4.78 is 0. The summed E-state index contributed by atoms with van der Waals surface area (Å²) in [4.78, 5) is 13.8. The second-order valence-electron chi connectivity index (χ2n) is 4.56. The molecule has 0 aromatic heterocycles. The number of hydrogen-bond donors (Lipinski definition) is 2. The van der Waals surface area contributed by atoms with E-state index in [4.69, 9.17) is 5.73 Å². The molecule has 1 saturated heterocycles. The molecule has 2 amide bonds. The van der Waals surface area contributed by atoms with Gasteiger partial charge >= 0.3 is 6.03 Å². The summed E-state index contributed by atoms with van der Waals surface area (Å²) in [5.74, 6) is 0.659. The third kappa shape index (κ3) is 2.90. The van der Waals surface area contributed by atoms with E-state index in [0.717, 1.165) is 31.6 Å². The predicted octanol–water partition coefficient (Wildman–Crippen LogP) is 2.53. The lowest BCUT2D eigenvalue weighted by Gasteiger charge is -2.17. The molecule has 0 aliphatic carbocycles. The summed E-state index contributed by atoms with van der Waals surface area (Å²) in [7, 11) is 0. The second-order valence-corrected chi connectivity index (χ2v) is 4.56. The Morgan fingerprint density at radius 3 is 2.76 bits per heavy atom. The first kappa shape index (κ1) is 11.8. The van der Waals surface area contributed by atoms with Crippen molar-refractivity contribution in [2.45, 2.75) is 19.8 Å². The van der Waals surface area contributed by atoms with Crippen molar-refractivity contribution in [2.24, 2.45) is 5.92 Å². The van der Waals surface area contributed by atoms with Crippen LogP contribution >= 0.6 is 0 Å². The second kappa shape index (κ2) is 5.08. The summed E-state index contributed by atoms with van der Waals surface area (Å²) in [6.45, 7) is 3.91. The Balaban J connectivity index is 1.91. The highest BCUT2D eigenvalue weighted by Gasteiger charge is 2.24. The Morgan fingerprint density at radius 2 is 2.18 bits per heavy atom. The van der Waals surface area contributed by atoms with Crippen LogP contribution in [0.2, 0.25) is 0 Å². The molecule has 3 N–H and O–H groups in total. The number of nitrogen functional groups attached to an aromatic ring is 1. The van der Waals surface area contributed by atoms with Gasteiger partial charge in [-0.15, -0.1) is 0 Å². The van der Waals surface area contributed by atoms with E-state index in [-0.39, 0.29) is 6.03 Å². The largest absolute Gasteiger partial charge is 0.399 e. The molecule has 0 spiro atoms. The maximum atomic E-state index is 11.9. The standard InChI is InChI=1S/C13H19N3O/c1-2-10-7-8-16(9-10)13(17)15-12-5-3-11(14)4-6-12/h3-6,10H,2,7-9,14H2,1H3,(H,15,17). The van der Waals surface area contributed by atoms with Gasteiger partial charge in [0.2, 0.25) is 0 Å². The minimum absolute atomic E-state index is 0.00859. The molecule has 0 bridgehead atoms. The number of carbonyl (C=O) groups excluding carboxylic acids is 1. The number of anilines is 2. The maximum Gasteiger partial charge on any atom is 0.321 e. The van der Waals surface area contributed by atoms with Gasteiger partial charge in [-0.2, -0.15) is 0 Å². The average Bonchev–Trinajstić information content (AvgIpc) is 2.81. The molecule has 1 atom stereocenters. The van der Waals surface area contributed by atoms with E-state index in [0.29, 0.717) is 11.6 Å². The van der Waals surface area contributed by atoms with Gasteiger partial charge in [-0.05, 0) is 36.6 Å². The number of urea groups is 1. The van der Waals surface area contributed by atoms with Crippen LogP contribution in [0.3, 0.4) is 0 Å². The van der Waals surface area contributed by atoms with Gasteiger partial charge in [0, 0.05) is 24.5 Å². The van der Waals surface area contributed by atoms with Crippen LogP contribution in [0.4, 0.5) is 16.2 Å². The third-order valence-electron chi connectivity index (χ3n) is 3.31. The van der Waals surface area contributed by atoms with Crippen molar-refractivity contribution in [2.75, 3.05) is 24.1 Å². The topological polar surface area (TPSA) is 58.4 Å². The Bertz CT molecular complexity index is 388. The smallest absolute Gasteiger partial charge is 0.321 e. The van der Waals surface area contributed by atoms with Crippen molar-refractivity contribution < 1.29 is 4.79 Å². The summed E-state index contributed by atoms with van der Waals surface area (Å²) in [5.41, 5.74) is 7.09. The molecule has 1 heterocycles. The number of carbonyl (C=O) groups is 1. The fraction of sp³-hybridized carbons (Fsp3) is 0.462. The van der Waals surface area contributed by atoms with Crippen LogP contribution in [0.5, 0.6) is 0 Å². The number of amides is 2. The van der Waals surface area contributed by atoms with Crippen molar-refractivity contribution in [1.82, 2.24) is 4.90 Å². The molecular weight excluding hydrogens is 214 g/mol. The van der Waals surface area contributed by atoms with E-state index in [2.05, 4.69) is 12.2 Å². The Kier molecular flexibility index (Phi) is 3.52. The lowest BCUT2D eigenvalue weighted by molar-refractivity contribution is 0.220. The van der Waals surface area contributed by atoms with Crippen molar-refractivity contribution in [3.05, 3.63) is 24.3 Å². The number of nitrogens with zero attached hydrogens (tertiary/aromatic N) is 1. The Morgan fingerprint density at radius 1 is 1.47 bits per heavy atom. The van der Waals surface area contributed by atoms with E-state index >= 15 is 0 Å². The van der Waals surface area contributed by atoms with Gasteiger partial charge in [0.05, 0.1) is 0 Å². The highest BCUT2D eigenvalue weighted by atomic mass is 16.2. The van der Waals surface area contributed by atoms with Gasteiger partial charge in [0.1, 0.15) is 0 Å². The fourth-order valence-electron chi connectivity index (χ4n) is 2.12. The number of benzene rings is 1. The highest BCUT2D eigenvalue weighted by Crippen LogP contribution is 2.20. The molecule has 0 radical (unpaired) electrons. The number of nitrogens with two attached hydrogens (primary N) is 1. The van der Waals surface area contributed by atoms with Crippen molar-refractivity contribution in [3.8, 4) is 0 Å². The van der Waals surface area contributed by atoms with E-state index in [1.807, 2.05) is 17.0 Å². The zero-order chi connectivity index (χ0) is 12.3. The van der Waals surface area contributed by atoms with Crippen LogP contribution in [0.15, 0.2) is 24.3 Å². The molecule has 1 fully saturated rings. The molecule has 1 unspecified atom stereocenters. The summed E-state index contributed by atoms with van der Waals surface area (Å²) in [6, 6.07) is 7.20. The van der Waals surface area contributed by atoms with Crippen LogP contribution in [0, 0.1) is 5.92 Å². The molecule has 2 rings (SSSR count). The minimum atomic E-state index is -0.00859. The molecular formula is C13H19N3O. The quantitative estimate of drug-likeness (QED) is 0.771. The lowest BCUT2D eigenvalue weighted by Crippen LogP contribution is -2.32. The Hall–Kier alpha value is -1.71. The summed E-state index contributed by atoms with van der Waals surface area (Å²) in [5, 5.41) is 2.89. The van der Waals surface area contributed by atoms with E-state index in [1.165, 1.54) is 0 Å². The lowest BCUT2D eigenvalue weighted by atomic mass is 10.1. The zero-order valence-corrected chi connectivity index (χ0v) is 10.1. The average molecular weight is 233 g/mol. The van der Waals surface area contributed by atoms with Gasteiger partial charge in [-0.1, -0.05) is 13.3 Å². The molecule has 4 nitrogen and oxygen atoms in total. The predicted molar refractivity (Wildman–Crippen MR) is 69.8 cm³/mol. The minimum Gasteiger partial charge on any atom is -0.399 e. The van der Waals surface area contributed by atoms with Gasteiger partial charge < -0.3 is 16.0 Å². The summed E-state index contributed by atoms with van der Waals surface area (Å²) >= 11 is 0. The molecule has 4 heteroatoms.